The third-order valence-corrected chi connectivity index (χ3v) is 4.89. The van der Waals surface area contributed by atoms with E-state index in [0.717, 1.165) is 24.1 Å². The predicted molar refractivity (Wildman–Crippen MR) is 102 cm³/mol. The molecule has 138 valence electrons. The van der Waals surface area contributed by atoms with Gasteiger partial charge >= 0.3 is 0 Å². The summed E-state index contributed by atoms with van der Waals surface area (Å²) in [5, 5.41) is 4.38. The van der Waals surface area contributed by atoms with Gasteiger partial charge in [-0.3, -0.25) is 4.79 Å². The van der Waals surface area contributed by atoms with E-state index in [9.17, 15) is 9.18 Å². The van der Waals surface area contributed by atoms with Gasteiger partial charge in [0.2, 0.25) is 5.91 Å². The minimum absolute atomic E-state index is 0.0771. The highest BCUT2D eigenvalue weighted by molar-refractivity contribution is 5.77. The Kier molecular flexibility index (Phi) is 5.01. The van der Waals surface area contributed by atoms with Crippen LogP contribution in [0.4, 0.5) is 4.39 Å². The zero-order chi connectivity index (χ0) is 18.6. The van der Waals surface area contributed by atoms with Crippen molar-refractivity contribution in [2.75, 3.05) is 0 Å². The normalized spacial score (nSPS) is 13.5. The quantitative estimate of drug-likeness (QED) is 0.633. The smallest absolute Gasteiger partial charge is 0.223 e. The lowest BCUT2D eigenvalue weighted by Gasteiger charge is -2.23. The molecule has 27 heavy (non-hydrogen) atoms. The first kappa shape index (κ1) is 17.5. The maximum Gasteiger partial charge on any atom is 0.223 e. The number of aromatic nitrogens is 2. The maximum absolute atomic E-state index is 14.0. The molecule has 0 spiro atoms. The van der Waals surface area contributed by atoms with E-state index in [1.54, 1.807) is 18.3 Å². The van der Waals surface area contributed by atoms with E-state index in [2.05, 4.69) is 5.10 Å². The van der Waals surface area contributed by atoms with Gasteiger partial charge in [0.25, 0.3) is 0 Å². The Hall–Kier alpha value is -2.95. The molecule has 0 radical (unpaired) electrons. The van der Waals surface area contributed by atoms with Crippen molar-refractivity contribution >= 4 is 5.91 Å². The van der Waals surface area contributed by atoms with Crippen LogP contribution in [0.3, 0.4) is 0 Å². The fourth-order valence-electron chi connectivity index (χ4n) is 3.22. The van der Waals surface area contributed by atoms with Gasteiger partial charge in [-0.1, -0.05) is 36.4 Å². The number of benzene rings is 2. The lowest BCUT2D eigenvalue weighted by Crippen LogP contribution is -2.33. The minimum atomic E-state index is -0.250. The van der Waals surface area contributed by atoms with E-state index in [0.29, 0.717) is 24.9 Å². The molecule has 1 aromatic heterocycles. The summed E-state index contributed by atoms with van der Waals surface area (Å²) in [5.41, 5.74) is 2.60. The van der Waals surface area contributed by atoms with E-state index in [-0.39, 0.29) is 17.8 Å². The van der Waals surface area contributed by atoms with Crippen molar-refractivity contribution in [3.63, 3.8) is 0 Å². The SMILES string of the molecule is O=C(CCc1cnn(-c2ccccc2)c1)N(Cc1ccccc1F)C1CC1. The second-order valence-electron chi connectivity index (χ2n) is 6.97. The van der Waals surface area contributed by atoms with Crippen LogP contribution in [-0.4, -0.2) is 26.6 Å². The standard InChI is InChI=1S/C22H22FN3O/c23-21-9-5-4-6-18(21)16-25(19-11-12-19)22(27)13-10-17-14-24-26(15-17)20-7-2-1-3-8-20/h1-9,14-15,19H,10-13,16H2. The van der Waals surface area contributed by atoms with E-state index >= 15 is 0 Å². The highest BCUT2D eigenvalue weighted by atomic mass is 19.1. The zero-order valence-corrected chi connectivity index (χ0v) is 15.1. The third-order valence-electron chi connectivity index (χ3n) is 4.89. The highest BCUT2D eigenvalue weighted by Gasteiger charge is 2.32. The molecule has 5 heteroatoms. The molecule has 1 saturated carbocycles. The predicted octanol–water partition coefficient (Wildman–Crippen LogP) is 4.14. The van der Waals surface area contributed by atoms with Crippen LogP contribution < -0.4 is 0 Å². The maximum atomic E-state index is 14.0. The van der Waals surface area contributed by atoms with Gasteiger partial charge in [0.15, 0.2) is 0 Å². The Bertz CT molecular complexity index is 918. The number of hydrogen-bond acceptors (Lipinski definition) is 2. The molecule has 2 aromatic carbocycles. The van der Waals surface area contributed by atoms with Crippen molar-refractivity contribution in [2.24, 2.45) is 0 Å². The van der Waals surface area contributed by atoms with Crippen LogP contribution in [-0.2, 0) is 17.8 Å². The van der Waals surface area contributed by atoms with Crippen molar-refractivity contribution in [1.29, 1.82) is 0 Å². The highest BCUT2D eigenvalue weighted by Crippen LogP contribution is 2.29. The molecule has 0 bridgehead atoms. The zero-order valence-electron chi connectivity index (χ0n) is 15.1. The average molecular weight is 363 g/mol. The molecule has 1 fully saturated rings. The van der Waals surface area contributed by atoms with E-state index in [4.69, 9.17) is 0 Å². The summed E-state index contributed by atoms with van der Waals surface area (Å²) < 4.78 is 15.8. The Morgan fingerprint density at radius 1 is 1.11 bits per heavy atom. The number of carbonyl (C=O) groups is 1. The van der Waals surface area contributed by atoms with Crippen molar-refractivity contribution < 1.29 is 9.18 Å². The Morgan fingerprint density at radius 3 is 2.59 bits per heavy atom. The molecule has 3 aromatic rings. The molecule has 0 saturated heterocycles. The minimum Gasteiger partial charge on any atom is -0.335 e. The topological polar surface area (TPSA) is 38.1 Å². The van der Waals surface area contributed by atoms with Gasteiger partial charge < -0.3 is 4.90 Å². The van der Waals surface area contributed by atoms with Gasteiger partial charge in [-0.2, -0.15) is 5.10 Å². The molecule has 0 unspecified atom stereocenters. The van der Waals surface area contributed by atoms with Crippen LogP contribution in [0.25, 0.3) is 5.69 Å². The van der Waals surface area contributed by atoms with Crippen LogP contribution >= 0.6 is 0 Å². The first-order valence-electron chi connectivity index (χ1n) is 9.32. The van der Waals surface area contributed by atoms with Crippen molar-refractivity contribution in [3.8, 4) is 5.69 Å². The van der Waals surface area contributed by atoms with Crippen molar-refractivity contribution in [1.82, 2.24) is 14.7 Å². The number of carbonyl (C=O) groups excluding carboxylic acids is 1. The third kappa shape index (κ3) is 4.25. The number of para-hydroxylation sites is 1. The largest absolute Gasteiger partial charge is 0.335 e. The number of hydrogen-bond donors (Lipinski definition) is 0. The lowest BCUT2D eigenvalue weighted by molar-refractivity contribution is -0.132. The second kappa shape index (κ2) is 7.74. The van der Waals surface area contributed by atoms with Gasteiger partial charge in [-0.05, 0) is 43.0 Å². The summed E-state index contributed by atoms with van der Waals surface area (Å²) in [7, 11) is 0. The van der Waals surface area contributed by atoms with Gasteiger partial charge in [-0.25, -0.2) is 9.07 Å². The Morgan fingerprint density at radius 2 is 1.85 bits per heavy atom. The fourth-order valence-corrected chi connectivity index (χ4v) is 3.22. The summed E-state index contributed by atoms with van der Waals surface area (Å²) in [6.45, 7) is 0.347. The first-order valence-corrected chi connectivity index (χ1v) is 9.32. The molecule has 4 rings (SSSR count). The fraction of sp³-hybridized carbons (Fsp3) is 0.273. The van der Waals surface area contributed by atoms with Crippen molar-refractivity contribution in [2.45, 2.75) is 38.3 Å². The van der Waals surface area contributed by atoms with Gasteiger partial charge in [0, 0.05) is 30.8 Å². The molecule has 1 aliphatic rings. The van der Waals surface area contributed by atoms with Gasteiger partial charge in [-0.15, -0.1) is 0 Å². The van der Waals surface area contributed by atoms with Crippen LogP contribution in [0.5, 0.6) is 0 Å². The average Bonchev–Trinajstić information content (AvgIpc) is 3.43. The van der Waals surface area contributed by atoms with Crippen LogP contribution in [0, 0.1) is 5.82 Å². The first-order chi connectivity index (χ1) is 13.2. The monoisotopic (exact) mass is 363 g/mol. The van der Waals surface area contributed by atoms with Crippen LogP contribution in [0.15, 0.2) is 67.0 Å². The van der Waals surface area contributed by atoms with Crippen LogP contribution in [0.2, 0.25) is 0 Å². The molecular weight excluding hydrogens is 341 g/mol. The summed E-state index contributed by atoms with van der Waals surface area (Å²) >= 11 is 0. The van der Waals surface area contributed by atoms with Crippen molar-refractivity contribution in [3.05, 3.63) is 83.9 Å². The molecule has 4 nitrogen and oxygen atoms in total. The summed E-state index contributed by atoms with van der Waals surface area (Å²) in [6.07, 6.45) is 6.81. The summed E-state index contributed by atoms with van der Waals surface area (Å²) in [4.78, 5) is 14.6. The van der Waals surface area contributed by atoms with E-state index in [1.165, 1.54) is 6.07 Å². The molecular formula is C22H22FN3O. The van der Waals surface area contributed by atoms with E-state index in [1.807, 2.05) is 52.2 Å². The Labute approximate surface area is 158 Å². The molecule has 0 atom stereocenters. The summed E-state index contributed by atoms with van der Waals surface area (Å²) in [6, 6.07) is 16.8. The van der Waals surface area contributed by atoms with Gasteiger partial charge in [0.1, 0.15) is 5.82 Å². The number of aryl methyl sites for hydroxylation is 1. The number of rotatable bonds is 7. The summed E-state index contributed by atoms with van der Waals surface area (Å²) in [5.74, 6) is -0.173. The Balaban J connectivity index is 1.39. The second-order valence-corrected chi connectivity index (χ2v) is 6.97. The molecule has 1 heterocycles. The molecule has 1 aliphatic carbocycles. The van der Waals surface area contributed by atoms with E-state index < -0.39 is 0 Å². The lowest BCUT2D eigenvalue weighted by atomic mass is 10.1. The molecule has 0 N–H and O–H groups in total. The van der Waals surface area contributed by atoms with Crippen LogP contribution in [0.1, 0.15) is 30.4 Å². The number of amides is 1. The molecule has 0 aliphatic heterocycles. The molecule has 1 amide bonds. The number of halogens is 1. The van der Waals surface area contributed by atoms with Gasteiger partial charge in [0.05, 0.1) is 11.9 Å². The number of nitrogens with zero attached hydrogens (tertiary/aromatic N) is 3.